The van der Waals surface area contributed by atoms with E-state index in [1.54, 1.807) is 34.4 Å². The van der Waals surface area contributed by atoms with Gasteiger partial charge in [-0.3, -0.25) is 9.67 Å². The van der Waals surface area contributed by atoms with E-state index in [1.165, 1.54) is 0 Å². The van der Waals surface area contributed by atoms with Crippen LogP contribution < -0.4 is 10.8 Å². The fraction of sp³-hybridized carbons (Fsp3) is 0.133. The van der Waals surface area contributed by atoms with E-state index in [-0.39, 0.29) is 0 Å². The number of nitrogens with one attached hydrogen (secondary N) is 1. The molecular formula is C15H13N5O3. The molecule has 4 rings (SSSR count). The van der Waals surface area contributed by atoms with Crippen molar-refractivity contribution in [3.8, 4) is 0 Å². The molecule has 3 aromatic rings. The maximum absolute atomic E-state index is 11.2. The van der Waals surface area contributed by atoms with Gasteiger partial charge in [-0.15, -0.1) is 5.10 Å². The van der Waals surface area contributed by atoms with E-state index in [2.05, 4.69) is 15.2 Å². The quantitative estimate of drug-likeness (QED) is 0.795. The molecule has 2 aromatic heterocycles. The molecule has 0 aliphatic carbocycles. The van der Waals surface area contributed by atoms with Crippen LogP contribution in [0.1, 0.15) is 5.56 Å². The molecule has 0 unspecified atom stereocenters. The van der Waals surface area contributed by atoms with Gasteiger partial charge in [0.25, 0.3) is 0 Å². The van der Waals surface area contributed by atoms with E-state index in [9.17, 15) is 4.79 Å². The number of hydrazone groups is 1. The molecule has 0 spiro atoms. The van der Waals surface area contributed by atoms with Crippen LogP contribution in [0.15, 0.2) is 57.4 Å². The minimum absolute atomic E-state index is 0.464. The lowest BCUT2D eigenvalue weighted by Gasteiger charge is -2.18. The summed E-state index contributed by atoms with van der Waals surface area (Å²) in [7, 11) is 1.85. The minimum Gasteiger partial charge on any atom is -0.447 e. The Bertz CT molecular complexity index is 978. The second-order valence-corrected chi connectivity index (χ2v) is 5.14. The zero-order chi connectivity index (χ0) is 15.8. The number of hydrogen-bond acceptors (Lipinski definition) is 6. The Morgan fingerprint density at radius 3 is 3.09 bits per heavy atom. The van der Waals surface area contributed by atoms with Gasteiger partial charge in [0.15, 0.2) is 5.58 Å². The molecule has 8 heteroatoms. The van der Waals surface area contributed by atoms with Crippen LogP contribution in [0.4, 0.5) is 5.69 Å². The summed E-state index contributed by atoms with van der Waals surface area (Å²) < 4.78 is 12.2. The van der Waals surface area contributed by atoms with Crippen molar-refractivity contribution in [2.24, 2.45) is 12.1 Å². The number of oxazole rings is 1. The molecule has 8 nitrogen and oxygen atoms in total. The van der Waals surface area contributed by atoms with Crippen molar-refractivity contribution in [2.75, 3.05) is 5.01 Å². The van der Waals surface area contributed by atoms with Crippen molar-refractivity contribution in [1.29, 1.82) is 0 Å². The van der Waals surface area contributed by atoms with Gasteiger partial charge in [0.05, 0.1) is 30.5 Å². The van der Waals surface area contributed by atoms with Crippen LogP contribution in [0.5, 0.6) is 0 Å². The molecule has 0 fully saturated rings. The van der Waals surface area contributed by atoms with Crippen LogP contribution in [0, 0.1) is 0 Å². The van der Waals surface area contributed by atoms with Crippen molar-refractivity contribution in [1.82, 2.24) is 14.8 Å². The molecular weight excluding hydrogens is 298 g/mol. The van der Waals surface area contributed by atoms with Gasteiger partial charge in [-0.2, -0.15) is 5.10 Å². The Morgan fingerprint density at radius 2 is 2.26 bits per heavy atom. The number of hydrogen-bond donors (Lipinski definition) is 1. The second kappa shape index (κ2) is 5.16. The molecule has 3 heterocycles. The van der Waals surface area contributed by atoms with Gasteiger partial charge >= 0.3 is 5.76 Å². The summed E-state index contributed by atoms with van der Waals surface area (Å²) in [6, 6.07) is 5.47. The number of aromatic amines is 1. The van der Waals surface area contributed by atoms with Gasteiger partial charge < -0.3 is 9.15 Å². The first kappa shape index (κ1) is 13.4. The van der Waals surface area contributed by atoms with Gasteiger partial charge in [-0.05, 0) is 17.7 Å². The van der Waals surface area contributed by atoms with Gasteiger partial charge in [0, 0.05) is 7.05 Å². The van der Waals surface area contributed by atoms with Gasteiger partial charge in [-0.1, -0.05) is 6.07 Å². The molecule has 0 radical (unpaired) electrons. The number of aryl methyl sites for hydroxylation is 1. The number of aromatic nitrogens is 3. The number of rotatable bonds is 3. The topological polar surface area (TPSA) is 88.6 Å². The van der Waals surface area contributed by atoms with Crippen molar-refractivity contribution in [2.45, 2.75) is 6.42 Å². The Balaban J connectivity index is 1.59. The van der Waals surface area contributed by atoms with Crippen LogP contribution in [-0.4, -0.2) is 20.7 Å². The van der Waals surface area contributed by atoms with E-state index < -0.39 is 5.76 Å². The predicted octanol–water partition coefficient (Wildman–Crippen LogP) is 1.72. The number of H-pyrrole nitrogens is 1. The van der Waals surface area contributed by atoms with Crippen molar-refractivity contribution in [3.63, 3.8) is 0 Å². The molecule has 1 aromatic carbocycles. The van der Waals surface area contributed by atoms with E-state index >= 15 is 0 Å². The molecule has 0 amide bonds. The summed E-state index contributed by atoms with van der Waals surface area (Å²) in [6.07, 6.45) is 7.37. The zero-order valence-electron chi connectivity index (χ0n) is 12.3. The number of ether oxygens (including phenoxy) is 1. The highest BCUT2D eigenvalue weighted by atomic mass is 16.5. The van der Waals surface area contributed by atoms with E-state index in [1.807, 2.05) is 25.4 Å². The van der Waals surface area contributed by atoms with Crippen LogP contribution in [0.3, 0.4) is 0 Å². The lowest BCUT2D eigenvalue weighted by molar-refractivity contribution is 0.445. The monoisotopic (exact) mass is 311 g/mol. The summed E-state index contributed by atoms with van der Waals surface area (Å²) in [6.45, 7) is 0. The summed E-state index contributed by atoms with van der Waals surface area (Å²) in [4.78, 5) is 13.8. The summed E-state index contributed by atoms with van der Waals surface area (Å²) >= 11 is 0. The highest BCUT2D eigenvalue weighted by molar-refractivity contribution is 5.83. The maximum atomic E-state index is 11.2. The smallest absolute Gasteiger partial charge is 0.417 e. The van der Waals surface area contributed by atoms with Crippen molar-refractivity contribution >= 4 is 22.7 Å². The van der Waals surface area contributed by atoms with E-state index in [4.69, 9.17) is 9.15 Å². The number of nitrogens with zero attached hydrogens (tertiary/aromatic N) is 4. The first-order valence-corrected chi connectivity index (χ1v) is 6.98. The second-order valence-electron chi connectivity index (χ2n) is 5.14. The Labute approximate surface area is 130 Å². The molecule has 0 atom stereocenters. The van der Waals surface area contributed by atoms with Gasteiger partial charge in [-0.25, -0.2) is 9.80 Å². The van der Waals surface area contributed by atoms with Gasteiger partial charge in [0.2, 0.25) is 5.90 Å². The summed E-state index contributed by atoms with van der Waals surface area (Å²) in [5.74, 6) is 0.0793. The van der Waals surface area contributed by atoms with Crippen LogP contribution in [-0.2, 0) is 18.2 Å². The van der Waals surface area contributed by atoms with Gasteiger partial charge in [0.1, 0.15) is 11.9 Å². The maximum Gasteiger partial charge on any atom is 0.417 e. The minimum atomic E-state index is -0.464. The molecule has 1 N–H and O–H groups in total. The fourth-order valence-electron chi connectivity index (χ4n) is 2.37. The Kier molecular flexibility index (Phi) is 3.00. The largest absolute Gasteiger partial charge is 0.447 e. The third-order valence-corrected chi connectivity index (χ3v) is 3.42. The van der Waals surface area contributed by atoms with Crippen LogP contribution in [0.25, 0.3) is 11.1 Å². The molecule has 0 saturated heterocycles. The normalized spacial score (nSPS) is 14.1. The SMILES string of the molecule is Cn1cc(N2C=COC(Cc3ccc4oc(=O)[nH]c4c3)=N2)cn1. The zero-order valence-corrected chi connectivity index (χ0v) is 12.3. The average Bonchev–Trinajstić information content (AvgIpc) is 3.12. The standard InChI is InChI=1S/C15H13N5O3/c1-19-9-11(8-16-19)20-4-5-22-14(18-20)7-10-2-3-13-12(6-10)17-15(21)23-13/h2-6,8-9H,7H2,1H3,(H,17,21). The lowest BCUT2D eigenvalue weighted by Crippen LogP contribution is -2.19. The molecule has 1 aliphatic heterocycles. The van der Waals surface area contributed by atoms with Crippen LogP contribution >= 0.6 is 0 Å². The lowest BCUT2D eigenvalue weighted by atomic mass is 10.1. The first-order valence-electron chi connectivity index (χ1n) is 6.98. The molecule has 0 bridgehead atoms. The van der Waals surface area contributed by atoms with E-state index in [0.717, 1.165) is 11.3 Å². The third kappa shape index (κ3) is 2.61. The van der Waals surface area contributed by atoms with Crippen molar-refractivity contribution in [3.05, 3.63) is 59.2 Å². The Morgan fingerprint density at radius 1 is 1.35 bits per heavy atom. The van der Waals surface area contributed by atoms with E-state index in [0.29, 0.717) is 23.4 Å². The number of fused-ring (bicyclic) bond motifs is 1. The fourth-order valence-corrected chi connectivity index (χ4v) is 2.37. The Hall–Kier alpha value is -3.29. The summed E-state index contributed by atoms with van der Waals surface area (Å²) in [5, 5.41) is 10.3. The predicted molar refractivity (Wildman–Crippen MR) is 83.9 cm³/mol. The molecule has 116 valence electrons. The highest BCUT2D eigenvalue weighted by Gasteiger charge is 2.13. The van der Waals surface area contributed by atoms with Crippen molar-refractivity contribution < 1.29 is 9.15 Å². The average molecular weight is 311 g/mol. The molecule has 0 saturated carbocycles. The first-order chi connectivity index (χ1) is 11.2. The third-order valence-electron chi connectivity index (χ3n) is 3.42. The number of benzene rings is 1. The highest BCUT2D eigenvalue weighted by Crippen LogP contribution is 2.18. The molecule has 23 heavy (non-hydrogen) atoms. The van der Waals surface area contributed by atoms with Crippen LogP contribution in [0.2, 0.25) is 0 Å². The summed E-state index contributed by atoms with van der Waals surface area (Å²) in [5.41, 5.74) is 2.99. The molecule has 1 aliphatic rings. The number of anilines is 1.